The van der Waals surface area contributed by atoms with Crippen LogP contribution in [0.4, 0.5) is 0 Å². The van der Waals surface area contributed by atoms with Crippen LogP contribution in [-0.4, -0.2) is 23.2 Å². The number of pyridine rings is 2. The van der Waals surface area contributed by atoms with E-state index in [1.54, 1.807) is 18.2 Å². The van der Waals surface area contributed by atoms with E-state index < -0.39 is 69.6 Å². The molecular weight excluding hydrogens is 805 g/mol. The van der Waals surface area contributed by atoms with Gasteiger partial charge in [0.25, 0.3) is 0 Å². The van der Waals surface area contributed by atoms with Gasteiger partial charge in [-0.05, 0) is 58.6 Å². The Bertz CT molecular complexity index is 2640. The monoisotopic (exact) mass is 857 g/mol. The van der Waals surface area contributed by atoms with E-state index in [1.807, 2.05) is 30.5 Å². The molecule has 7 aromatic rings. The molecule has 3 aromatic heterocycles. The molecule has 4 aromatic carbocycles. The van der Waals surface area contributed by atoms with Crippen LogP contribution in [0.15, 0.2) is 109 Å². The maximum atomic E-state index is 8.42. The van der Waals surface area contributed by atoms with E-state index in [-0.39, 0.29) is 52.8 Å². The fraction of sp³-hybridized carbons (Fsp3) is 0.150. The summed E-state index contributed by atoms with van der Waals surface area (Å²) >= 11 is -0.660. The second kappa shape index (κ2) is 13.9. The molecule has 0 saturated heterocycles. The molecular formula is C40H36GeIrN2S-2. The average Bonchev–Trinajstić information content (AvgIpc) is 3.54. The summed E-state index contributed by atoms with van der Waals surface area (Å²) in [6.45, 7) is -8.21. The Morgan fingerprint density at radius 2 is 1.56 bits per heavy atom. The van der Waals surface area contributed by atoms with Gasteiger partial charge in [-0.1, -0.05) is 59.4 Å². The van der Waals surface area contributed by atoms with Gasteiger partial charge in [-0.3, -0.25) is 0 Å². The number of aryl methyl sites for hydroxylation is 3. The number of fused-ring (bicyclic) bond motifs is 3. The van der Waals surface area contributed by atoms with Crippen LogP contribution < -0.4 is 4.40 Å². The summed E-state index contributed by atoms with van der Waals surface area (Å²) in [5.74, 6) is 7.14. The summed E-state index contributed by atoms with van der Waals surface area (Å²) in [5.41, 5.74) is 1.30. The van der Waals surface area contributed by atoms with Crippen LogP contribution in [-0.2, 0) is 20.1 Å². The molecule has 227 valence electrons. The van der Waals surface area contributed by atoms with E-state index in [0.29, 0.717) is 21.0 Å². The standard InChI is InChI=1S/C26H20NS.C14H16GeN.Ir/c1-16-14-24(27-15-17(16)2)23-11-7-10-21-22-13-12-20(19-8-5-4-6-9-19)18(3)25(22)28-26(21)23;1-15(2,3)13-9-10-14(16-11-13)12-7-5-4-6-8-12;/h4-10,12-15H,1-3H3;4-7,9-11H,1-3H3;/q2*-1;/i1D3,2D3,3D3,4D,5D,6D,8D,9D;;. The number of hydrogen-bond acceptors (Lipinski definition) is 3. The topological polar surface area (TPSA) is 25.8 Å². The quantitative estimate of drug-likeness (QED) is 0.130. The van der Waals surface area contributed by atoms with Crippen LogP contribution in [0.5, 0.6) is 0 Å². The Morgan fingerprint density at radius 3 is 2.24 bits per heavy atom. The molecule has 0 aliphatic carbocycles. The Kier molecular flexibility index (Phi) is 5.97. The number of thiophene rings is 1. The largest absolute Gasteiger partial charge is 0 e. The second-order valence-electron chi connectivity index (χ2n) is 11.1. The van der Waals surface area contributed by atoms with Crippen molar-refractivity contribution < 1.29 is 39.3 Å². The van der Waals surface area contributed by atoms with Gasteiger partial charge in [-0.2, -0.15) is 11.3 Å². The first-order chi connectivity index (χ1) is 26.9. The maximum absolute atomic E-state index is 8.42. The first kappa shape index (κ1) is 19.3. The molecule has 0 unspecified atom stereocenters. The predicted octanol–water partition coefficient (Wildman–Crippen LogP) is 10.6. The third-order valence-corrected chi connectivity index (χ3v) is 12.7. The molecule has 0 aliphatic heterocycles. The summed E-state index contributed by atoms with van der Waals surface area (Å²) in [5, 5.41) is 1.11. The predicted molar refractivity (Wildman–Crippen MR) is 193 cm³/mol. The minimum Gasteiger partial charge on any atom is 0 e. The number of aromatic nitrogens is 2. The number of hydrogen-bond donors (Lipinski definition) is 0. The molecule has 1 radical (unpaired) electrons. The molecule has 0 amide bonds. The van der Waals surface area contributed by atoms with Crippen molar-refractivity contribution >= 4 is 49.2 Å². The van der Waals surface area contributed by atoms with Crippen molar-refractivity contribution in [1.82, 2.24) is 9.97 Å². The molecule has 0 bridgehead atoms. The first-order valence-corrected chi connectivity index (χ1v) is 22.0. The molecule has 45 heavy (non-hydrogen) atoms. The smallest absolute Gasteiger partial charge is 0 e. The molecule has 2 nitrogen and oxygen atoms in total. The third-order valence-electron chi connectivity index (χ3n) is 7.15. The van der Waals surface area contributed by atoms with E-state index in [0.717, 1.165) is 28.8 Å². The van der Waals surface area contributed by atoms with Gasteiger partial charge in [-0.25, -0.2) is 0 Å². The summed E-state index contributed by atoms with van der Waals surface area (Å²) in [6, 6.07) is 23.2. The van der Waals surface area contributed by atoms with Crippen molar-refractivity contribution in [2.45, 2.75) is 37.8 Å². The van der Waals surface area contributed by atoms with Crippen LogP contribution in [0.2, 0.25) is 17.3 Å². The van der Waals surface area contributed by atoms with Gasteiger partial charge >= 0.3 is 99.8 Å². The Balaban J connectivity index is 0.000000326. The van der Waals surface area contributed by atoms with Crippen LogP contribution >= 0.6 is 11.3 Å². The maximum Gasteiger partial charge on any atom is 0 e. The first-order valence-electron chi connectivity index (χ1n) is 20.8. The van der Waals surface area contributed by atoms with Crippen molar-refractivity contribution in [2.24, 2.45) is 0 Å². The molecule has 5 heteroatoms. The molecule has 0 N–H and O–H groups in total. The summed E-state index contributed by atoms with van der Waals surface area (Å²) in [4.78, 5) is 8.77. The average molecular weight is 856 g/mol. The minimum absolute atomic E-state index is 0. The van der Waals surface area contributed by atoms with Gasteiger partial charge in [0.15, 0.2) is 0 Å². The molecule has 7 rings (SSSR count). The number of benzene rings is 4. The van der Waals surface area contributed by atoms with E-state index >= 15 is 0 Å². The molecule has 0 spiro atoms. The van der Waals surface area contributed by atoms with Crippen molar-refractivity contribution in [3.05, 3.63) is 138 Å². The van der Waals surface area contributed by atoms with Crippen LogP contribution in [0.3, 0.4) is 0 Å². The van der Waals surface area contributed by atoms with Crippen molar-refractivity contribution in [2.75, 3.05) is 0 Å². The fourth-order valence-electron chi connectivity index (χ4n) is 4.73. The SMILES string of the molecule is [2H]c1c([2H])c([2H])c(-c2ccc3c(sc4c(-c5cc(C([2H])([2H])[2H])c(C([2H])([2H])[2H])cn5)[c-]ccc43)c2C([2H])([2H])[2H])c([2H])c1[2H].[CH3][Ge]([CH3])([CH3])[c]1ccc(-c2[c-]cccc2)nc1.[Ir]. The summed E-state index contributed by atoms with van der Waals surface area (Å²) in [6.07, 6.45) is 3.05. The van der Waals surface area contributed by atoms with Gasteiger partial charge in [-0.15, -0.1) is 23.8 Å². The van der Waals surface area contributed by atoms with Crippen LogP contribution in [0.25, 0.3) is 53.8 Å². The minimum atomic E-state index is -2.75. The van der Waals surface area contributed by atoms with Gasteiger partial charge in [0.05, 0.1) is 6.85 Å². The van der Waals surface area contributed by atoms with Gasteiger partial charge in [0, 0.05) is 43.3 Å². The Hall–Kier alpha value is -3.41. The molecule has 0 atom stereocenters. The van der Waals surface area contributed by atoms with Crippen LogP contribution in [0, 0.1) is 32.7 Å². The van der Waals surface area contributed by atoms with Crippen LogP contribution in [0.1, 0.15) is 35.9 Å². The summed E-state index contributed by atoms with van der Waals surface area (Å²) in [7, 11) is 0. The van der Waals surface area contributed by atoms with E-state index in [9.17, 15) is 0 Å². The van der Waals surface area contributed by atoms with Crippen molar-refractivity contribution in [1.29, 1.82) is 0 Å². The second-order valence-corrected chi connectivity index (χ2v) is 22.8. The molecule has 0 fully saturated rings. The Morgan fingerprint density at radius 1 is 0.756 bits per heavy atom. The van der Waals surface area contributed by atoms with Gasteiger partial charge < -0.3 is 4.98 Å². The zero-order valence-corrected chi connectivity index (χ0v) is 30.0. The molecule has 0 aliphatic rings. The normalized spacial score (nSPS) is 16.5. The third kappa shape index (κ3) is 7.05. The Labute approximate surface area is 307 Å². The van der Waals surface area contributed by atoms with Crippen molar-refractivity contribution in [3.63, 3.8) is 0 Å². The molecule has 3 heterocycles. The van der Waals surface area contributed by atoms with Crippen molar-refractivity contribution in [3.8, 4) is 33.6 Å². The molecule has 0 saturated carbocycles. The van der Waals surface area contributed by atoms with E-state index in [2.05, 4.69) is 51.5 Å². The number of rotatable bonds is 4. The zero-order chi connectivity index (χ0) is 42.7. The van der Waals surface area contributed by atoms with E-state index in [1.165, 1.54) is 16.5 Å². The van der Waals surface area contributed by atoms with E-state index in [4.69, 9.17) is 19.2 Å². The van der Waals surface area contributed by atoms with Gasteiger partial charge in [0.2, 0.25) is 0 Å². The fourth-order valence-corrected chi connectivity index (χ4v) is 8.16. The number of nitrogens with zero attached hydrogens (tertiary/aromatic N) is 2. The zero-order valence-electron chi connectivity index (χ0n) is 38.6. The van der Waals surface area contributed by atoms with Gasteiger partial charge in [0.1, 0.15) is 0 Å². The summed E-state index contributed by atoms with van der Waals surface area (Å²) < 4.78 is 115.